The first-order chi connectivity index (χ1) is 9.28. The molecule has 96 valence electrons. The van der Waals surface area contributed by atoms with E-state index in [0.717, 1.165) is 17.7 Å². The van der Waals surface area contributed by atoms with Crippen LogP contribution in [0.4, 0.5) is 0 Å². The summed E-state index contributed by atoms with van der Waals surface area (Å²) in [5.74, 6) is 0.910. The van der Waals surface area contributed by atoms with Gasteiger partial charge in [-0.2, -0.15) is 5.26 Å². The van der Waals surface area contributed by atoms with Crippen LogP contribution in [0.3, 0.4) is 0 Å². The summed E-state index contributed by atoms with van der Waals surface area (Å²) >= 11 is 0. The number of rotatable bonds is 5. The van der Waals surface area contributed by atoms with E-state index in [4.69, 9.17) is 10.00 Å². The van der Waals surface area contributed by atoms with Crippen molar-refractivity contribution in [2.24, 2.45) is 5.92 Å². The topological polar surface area (TPSA) is 33.0 Å². The lowest BCUT2D eigenvalue weighted by Gasteiger charge is -2.08. The molecule has 0 saturated carbocycles. The zero-order valence-corrected chi connectivity index (χ0v) is 11.0. The number of hydrogen-bond donors (Lipinski definition) is 0. The molecule has 2 aromatic rings. The number of benzene rings is 2. The Kier molecular flexibility index (Phi) is 4.58. The predicted molar refractivity (Wildman–Crippen MR) is 75.7 cm³/mol. The van der Waals surface area contributed by atoms with E-state index < -0.39 is 0 Å². The second-order valence-electron chi connectivity index (χ2n) is 4.65. The molecule has 0 amide bonds. The van der Waals surface area contributed by atoms with Crippen LogP contribution in [0.2, 0.25) is 0 Å². The molecule has 0 fully saturated rings. The molecule has 19 heavy (non-hydrogen) atoms. The van der Waals surface area contributed by atoms with Gasteiger partial charge in [0, 0.05) is 5.92 Å². The van der Waals surface area contributed by atoms with Crippen molar-refractivity contribution in [3.8, 4) is 11.8 Å². The first-order valence-corrected chi connectivity index (χ1v) is 6.43. The van der Waals surface area contributed by atoms with Crippen LogP contribution in [0.5, 0.6) is 5.75 Å². The fourth-order valence-electron chi connectivity index (χ4n) is 1.86. The highest BCUT2D eigenvalue weighted by atomic mass is 16.5. The molecule has 0 aromatic heterocycles. The van der Waals surface area contributed by atoms with Crippen molar-refractivity contribution in [3.05, 3.63) is 65.7 Å². The zero-order valence-electron chi connectivity index (χ0n) is 11.0. The minimum atomic E-state index is 0.0519. The van der Waals surface area contributed by atoms with Gasteiger partial charge in [0.2, 0.25) is 0 Å². The predicted octanol–water partition coefficient (Wildman–Crippen LogP) is 3.97. The lowest BCUT2D eigenvalue weighted by atomic mass is 10.0. The Labute approximate surface area is 114 Å². The molecule has 0 aliphatic rings. The first kappa shape index (κ1) is 13.2. The van der Waals surface area contributed by atoms with Crippen LogP contribution in [-0.2, 0) is 13.0 Å². The van der Waals surface area contributed by atoms with Gasteiger partial charge in [0.1, 0.15) is 12.4 Å². The summed E-state index contributed by atoms with van der Waals surface area (Å²) in [6.07, 6.45) is 0.787. The van der Waals surface area contributed by atoms with Crippen molar-refractivity contribution in [3.63, 3.8) is 0 Å². The molecule has 0 saturated heterocycles. The third kappa shape index (κ3) is 4.15. The van der Waals surface area contributed by atoms with E-state index in [-0.39, 0.29) is 5.92 Å². The Bertz CT molecular complexity index is 540. The van der Waals surface area contributed by atoms with E-state index in [2.05, 4.69) is 6.07 Å². The Morgan fingerprint density at radius 3 is 2.32 bits per heavy atom. The summed E-state index contributed by atoms with van der Waals surface area (Å²) in [7, 11) is 0. The standard InChI is InChI=1S/C17H17NO/c1-14(12-18)11-15-7-9-17(10-8-15)19-13-16-5-3-2-4-6-16/h2-10,14H,11,13H2,1H3. The molecule has 0 radical (unpaired) electrons. The molecule has 2 heteroatoms. The molecule has 0 bridgehead atoms. The molecule has 2 aromatic carbocycles. The van der Waals surface area contributed by atoms with Crippen molar-refractivity contribution in [1.29, 1.82) is 5.26 Å². The summed E-state index contributed by atoms with van der Waals surface area (Å²) in [6.45, 7) is 2.51. The Morgan fingerprint density at radius 1 is 1.00 bits per heavy atom. The number of hydrogen-bond acceptors (Lipinski definition) is 2. The number of nitrogens with zero attached hydrogens (tertiary/aromatic N) is 1. The Balaban J connectivity index is 1.90. The van der Waals surface area contributed by atoms with Gasteiger partial charge in [0.05, 0.1) is 6.07 Å². The van der Waals surface area contributed by atoms with E-state index in [9.17, 15) is 0 Å². The van der Waals surface area contributed by atoms with Crippen LogP contribution < -0.4 is 4.74 Å². The molecule has 0 aliphatic heterocycles. The molecule has 0 spiro atoms. The maximum absolute atomic E-state index is 8.79. The smallest absolute Gasteiger partial charge is 0.119 e. The van der Waals surface area contributed by atoms with Gasteiger partial charge in [0.15, 0.2) is 0 Å². The van der Waals surface area contributed by atoms with Crippen LogP contribution in [-0.4, -0.2) is 0 Å². The van der Waals surface area contributed by atoms with Gasteiger partial charge >= 0.3 is 0 Å². The second-order valence-corrected chi connectivity index (χ2v) is 4.65. The van der Waals surface area contributed by atoms with E-state index in [0.29, 0.717) is 6.61 Å². The van der Waals surface area contributed by atoms with E-state index in [1.165, 1.54) is 5.56 Å². The zero-order chi connectivity index (χ0) is 13.5. The van der Waals surface area contributed by atoms with Gasteiger partial charge in [-0.1, -0.05) is 42.5 Å². The maximum Gasteiger partial charge on any atom is 0.119 e. The van der Waals surface area contributed by atoms with Crippen molar-refractivity contribution in [1.82, 2.24) is 0 Å². The highest BCUT2D eigenvalue weighted by molar-refractivity contribution is 5.28. The molecular formula is C17H17NO. The molecule has 1 atom stereocenters. The SMILES string of the molecule is CC(C#N)Cc1ccc(OCc2ccccc2)cc1. The van der Waals surface area contributed by atoms with Gasteiger partial charge in [-0.25, -0.2) is 0 Å². The highest BCUT2D eigenvalue weighted by Gasteiger charge is 2.02. The van der Waals surface area contributed by atoms with Gasteiger partial charge in [-0.05, 0) is 36.6 Å². The van der Waals surface area contributed by atoms with Gasteiger partial charge in [0.25, 0.3) is 0 Å². The van der Waals surface area contributed by atoms with Crippen molar-refractivity contribution >= 4 is 0 Å². The van der Waals surface area contributed by atoms with Crippen LogP contribution >= 0.6 is 0 Å². The molecule has 0 heterocycles. The Hall–Kier alpha value is -2.27. The Morgan fingerprint density at radius 2 is 1.68 bits per heavy atom. The molecular weight excluding hydrogens is 234 g/mol. The highest BCUT2D eigenvalue weighted by Crippen LogP contribution is 2.16. The molecule has 2 rings (SSSR count). The fourth-order valence-corrected chi connectivity index (χ4v) is 1.86. The average Bonchev–Trinajstić information content (AvgIpc) is 2.47. The first-order valence-electron chi connectivity index (χ1n) is 6.43. The summed E-state index contributed by atoms with van der Waals surface area (Å²) < 4.78 is 5.71. The van der Waals surface area contributed by atoms with Gasteiger partial charge in [-0.15, -0.1) is 0 Å². The van der Waals surface area contributed by atoms with Crippen LogP contribution in [0.25, 0.3) is 0 Å². The van der Waals surface area contributed by atoms with Gasteiger partial charge < -0.3 is 4.74 Å². The largest absolute Gasteiger partial charge is 0.489 e. The summed E-state index contributed by atoms with van der Waals surface area (Å²) in [6, 6.07) is 20.3. The number of nitriles is 1. The minimum Gasteiger partial charge on any atom is -0.489 e. The summed E-state index contributed by atoms with van der Waals surface area (Å²) in [5, 5.41) is 8.79. The third-order valence-corrected chi connectivity index (χ3v) is 2.93. The van der Waals surface area contributed by atoms with Crippen molar-refractivity contribution in [2.75, 3.05) is 0 Å². The van der Waals surface area contributed by atoms with Gasteiger partial charge in [-0.3, -0.25) is 0 Å². The fraction of sp³-hybridized carbons (Fsp3) is 0.235. The van der Waals surface area contributed by atoms with E-state index >= 15 is 0 Å². The van der Waals surface area contributed by atoms with Crippen molar-refractivity contribution < 1.29 is 4.74 Å². The lowest BCUT2D eigenvalue weighted by molar-refractivity contribution is 0.306. The lowest BCUT2D eigenvalue weighted by Crippen LogP contribution is -1.97. The molecule has 2 nitrogen and oxygen atoms in total. The monoisotopic (exact) mass is 251 g/mol. The quantitative estimate of drug-likeness (QED) is 0.805. The minimum absolute atomic E-state index is 0.0519. The van der Waals surface area contributed by atoms with Crippen molar-refractivity contribution in [2.45, 2.75) is 20.0 Å². The normalized spacial score (nSPS) is 11.6. The average molecular weight is 251 g/mol. The van der Waals surface area contributed by atoms with E-state index in [1.54, 1.807) is 0 Å². The maximum atomic E-state index is 8.79. The van der Waals surface area contributed by atoms with E-state index in [1.807, 2.05) is 61.5 Å². The van der Waals surface area contributed by atoms with Crippen LogP contribution in [0.15, 0.2) is 54.6 Å². The number of ether oxygens (including phenoxy) is 1. The van der Waals surface area contributed by atoms with Crippen LogP contribution in [0.1, 0.15) is 18.1 Å². The third-order valence-electron chi connectivity index (χ3n) is 2.93. The summed E-state index contributed by atoms with van der Waals surface area (Å²) in [4.78, 5) is 0. The molecule has 1 unspecified atom stereocenters. The second kappa shape index (κ2) is 6.61. The molecule has 0 aliphatic carbocycles. The van der Waals surface area contributed by atoms with Crippen LogP contribution in [0, 0.1) is 17.2 Å². The molecule has 0 N–H and O–H groups in total. The summed E-state index contributed by atoms with van der Waals surface area (Å²) in [5.41, 5.74) is 2.32.